The Hall–Kier alpha value is -1.12. The summed E-state index contributed by atoms with van der Waals surface area (Å²) in [5.74, 6) is 0.0367. The van der Waals surface area contributed by atoms with Crippen molar-refractivity contribution in [3.05, 3.63) is 11.6 Å². The van der Waals surface area contributed by atoms with E-state index in [1.54, 1.807) is 0 Å². The number of ether oxygens (including phenoxy) is 1. The smallest absolute Gasteiger partial charge is 0.303 e. The van der Waals surface area contributed by atoms with Gasteiger partial charge in [0.05, 0.1) is 0 Å². The second-order valence-electron chi connectivity index (χ2n) is 6.99. The Bertz CT molecular complexity index is 447. The molecule has 2 aliphatic rings. The highest BCUT2D eigenvalue weighted by Crippen LogP contribution is 2.56. The zero-order chi connectivity index (χ0) is 14.4. The first-order valence-corrected chi connectivity index (χ1v) is 7.09. The Kier molecular flexibility index (Phi) is 3.36. The minimum absolute atomic E-state index is 0.0139. The maximum Gasteiger partial charge on any atom is 0.303 e. The molecule has 3 atom stereocenters. The summed E-state index contributed by atoms with van der Waals surface area (Å²) in [7, 11) is 0. The Morgan fingerprint density at radius 1 is 1.32 bits per heavy atom. The number of hydrogen-bond donors (Lipinski definition) is 0. The summed E-state index contributed by atoms with van der Waals surface area (Å²) in [6.45, 7) is 9.70. The van der Waals surface area contributed by atoms with E-state index in [0.29, 0.717) is 0 Å². The second-order valence-corrected chi connectivity index (χ2v) is 6.99. The molecule has 1 saturated carbocycles. The van der Waals surface area contributed by atoms with Crippen molar-refractivity contribution >= 4 is 11.8 Å². The van der Waals surface area contributed by atoms with Gasteiger partial charge in [0, 0.05) is 18.3 Å². The van der Waals surface area contributed by atoms with Crippen LogP contribution in [-0.2, 0) is 14.3 Å². The average Bonchev–Trinajstić information content (AvgIpc) is 2.23. The Balaban J connectivity index is 2.49. The van der Waals surface area contributed by atoms with Gasteiger partial charge in [0.2, 0.25) is 0 Å². The van der Waals surface area contributed by atoms with Gasteiger partial charge < -0.3 is 4.74 Å². The largest absolute Gasteiger partial charge is 0.458 e. The van der Waals surface area contributed by atoms with Crippen molar-refractivity contribution in [1.82, 2.24) is 0 Å². The topological polar surface area (TPSA) is 43.4 Å². The predicted octanol–water partition coefficient (Wildman–Crippen LogP) is 3.28. The highest BCUT2D eigenvalue weighted by atomic mass is 16.5. The molecule has 3 nitrogen and oxygen atoms in total. The Labute approximate surface area is 115 Å². The van der Waals surface area contributed by atoms with Crippen molar-refractivity contribution in [3.63, 3.8) is 0 Å². The van der Waals surface area contributed by atoms with Crippen LogP contribution in [0.1, 0.15) is 53.9 Å². The standard InChI is InChI=1S/C16H24O3/c1-10-9-12(19-11(2)17)13-15(3,4)7-6-8-16(13,5)14(10)18/h9,12-13H,6-8H2,1-5H3. The van der Waals surface area contributed by atoms with E-state index in [-0.39, 0.29) is 34.6 Å². The van der Waals surface area contributed by atoms with Crippen molar-refractivity contribution in [1.29, 1.82) is 0 Å². The third kappa shape index (κ3) is 2.24. The number of hydrogen-bond acceptors (Lipinski definition) is 3. The van der Waals surface area contributed by atoms with Gasteiger partial charge in [-0.2, -0.15) is 0 Å². The summed E-state index contributed by atoms with van der Waals surface area (Å²) in [4.78, 5) is 23.9. The van der Waals surface area contributed by atoms with Crippen LogP contribution in [0.4, 0.5) is 0 Å². The van der Waals surface area contributed by atoms with Gasteiger partial charge in [-0.25, -0.2) is 0 Å². The van der Waals surface area contributed by atoms with E-state index in [1.807, 2.05) is 19.9 Å². The van der Waals surface area contributed by atoms with E-state index in [4.69, 9.17) is 4.74 Å². The van der Waals surface area contributed by atoms with Gasteiger partial charge in [0.15, 0.2) is 5.78 Å². The van der Waals surface area contributed by atoms with Crippen LogP contribution in [0, 0.1) is 16.7 Å². The van der Waals surface area contributed by atoms with E-state index in [2.05, 4.69) is 13.8 Å². The van der Waals surface area contributed by atoms with E-state index in [1.165, 1.54) is 6.92 Å². The molecule has 0 spiro atoms. The van der Waals surface area contributed by atoms with Gasteiger partial charge in [-0.05, 0) is 36.8 Å². The fourth-order valence-electron chi connectivity index (χ4n) is 4.31. The van der Waals surface area contributed by atoms with E-state index < -0.39 is 0 Å². The number of allylic oxidation sites excluding steroid dienone is 1. The van der Waals surface area contributed by atoms with Crippen LogP contribution in [-0.4, -0.2) is 17.9 Å². The van der Waals surface area contributed by atoms with Crippen LogP contribution in [0.5, 0.6) is 0 Å². The van der Waals surface area contributed by atoms with Crippen molar-refractivity contribution < 1.29 is 14.3 Å². The fourth-order valence-corrected chi connectivity index (χ4v) is 4.31. The van der Waals surface area contributed by atoms with Gasteiger partial charge in [0.1, 0.15) is 6.10 Å². The zero-order valence-electron chi connectivity index (χ0n) is 12.6. The first-order valence-electron chi connectivity index (χ1n) is 7.09. The molecule has 0 bridgehead atoms. The summed E-state index contributed by atoms with van der Waals surface area (Å²) in [6.07, 6.45) is 4.61. The second kappa shape index (κ2) is 4.46. The molecule has 0 amide bonds. The van der Waals surface area contributed by atoms with Crippen LogP contribution in [0.3, 0.4) is 0 Å². The number of carbonyl (C=O) groups is 2. The van der Waals surface area contributed by atoms with Crippen molar-refractivity contribution in [3.8, 4) is 0 Å². The SMILES string of the molecule is CC(=O)OC1C=C(C)C(=O)C2(C)CCCC(C)(C)C12. The van der Waals surface area contributed by atoms with Crippen LogP contribution in [0.15, 0.2) is 11.6 Å². The normalized spacial score (nSPS) is 37.3. The lowest BCUT2D eigenvalue weighted by atomic mass is 9.51. The molecule has 19 heavy (non-hydrogen) atoms. The number of fused-ring (bicyclic) bond motifs is 1. The number of Topliss-reactive ketones (excluding diaryl/α,β-unsaturated/α-hetero) is 1. The van der Waals surface area contributed by atoms with Crippen LogP contribution in [0.25, 0.3) is 0 Å². The maximum atomic E-state index is 12.6. The molecular weight excluding hydrogens is 240 g/mol. The lowest BCUT2D eigenvalue weighted by molar-refractivity contribution is -0.162. The van der Waals surface area contributed by atoms with E-state index in [0.717, 1.165) is 24.8 Å². The Morgan fingerprint density at radius 2 is 1.95 bits per heavy atom. The molecule has 0 heterocycles. The van der Waals surface area contributed by atoms with Crippen molar-refractivity contribution in [2.75, 3.05) is 0 Å². The van der Waals surface area contributed by atoms with Gasteiger partial charge in [-0.15, -0.1) is 0 Å². The molecule has 0 aromatic carbocycles. The third-order valence-electron chi connectivity index (χ3n) is 4.97. The minimum Gasteiger partial charge on any atom is -0.458 e. The summed E-state index contributed by atoms with van der Waals surface area (Å²) in [6, 6.07) is 0. The van der Waals surface area contributed by atoms with Gasteiger partial charge in [-0.3, -0.25) is 9.59 Å². The molecule has 0 aromatic heterocycles. The molecule has 3 unspecified atom stereocenters. The van der Waals surface area contributed by atoms with Gasteiger partial charge >= 0.3 is 5.97 Å². The highest BCUT2D eigenvalue weighted by Gasteiger charge is 2.56. The lowest BCUT2D eigenvalue weighted by Crippen LogP contribution is -2.55. The lowest BCUT2D eigenvalue weighted by Gasteiger charge is -2.54. The highest BCUT2D eigenvalue weighted by molar-refractivity contribution is 6.00. The summed E-state index contributed by atoms with van der Waals surface area (Å²) < 4.78 is 5.51. The molecule has 1 fully saturated rings. The fraction of sp³-hybridized carbons (Fsp3) is 0.750. The first kappa shape index (κ1) is 14.3. The van der Waals surface area contributed by atoms with Gasteiger partial charge in [0.25, 0.3) is 0 Å². The summed E-state index contributed by atoms with van der Waals surface area (Å²) >= 11 is 0. The molecular formula is C16H24O3. The molecule has 0 N–H and O–H groups in total. The molecule has 0 radical (unpaired) electrons. The van der Waals surface area contributed by atoms with Gasteiger partial charge in [-0.1, -0.05) is 27.2 Å². The average molecular weight is 264 g/mol. The third-order valence-corrected chi connectivity index (χ3v) is 4.97. The van der Waals surface area contributed by atoms with Crippen LogP contribution in [0.2, 0.25) is 0 Å². The Morgan fingerprint density at radius 3 is 2.53 bits per heavy atom. The van der Waals surface area contributed by atoms with Crippen molar-refractivity contribution in [2.45, 2.75) is 60.0 Å². The first-order chi connectivity index (χ1) is 8.68. The van der Waals surface area contributed by atoms with Crippen LogP contribution >= 0.6 is 0 Å². The predicted molar refractivity (Wildman–Crippen MR) is 73.5 cm³/mol. The van der Waals surface area contributed by atoms with E-state index in [9.17, 15) is 9.59 Å². The molecule has 2 rings (SSSR count). The number of ketones is 1. The van der Waals surface area contributed by atoms with Crippen LogP contribution < -0.4 is 0 Å². The maximum absolute atomic E-state index is 12.6. The number of esters is 1. The quantitative estimate of drug-likeness (QED) is 0.683. The zero-order valence-corrected chi connectivity index (χ0v) is 12.6. The molecule has 0 aromatic rings. The molecule has 106 valence electrons. The molecule has 3 heteroatoms. The number of carbonyl (C=O) groups excluding carboxylic acids is 2. The molecule has 0 saturated heterocycles. The summed E-state index contributed by atoms with van der Waals surface area (Å²) in [5, 5.41) is 0. The minimum atomic E-state index is -0.388. The number of rotatable bonds is 1. The van der Waals surface area contributed by atoms with E-state index >= 15 is 0 Å². The monoisotopic (exact) mass is 264 g/mol. The van der Waals surface area contributed by atoms with Crippen molar-refractivity contribution in [2.24, 2.45) is 16.7 Å². The molecule has 0 aliphatic heterocycles. The summed E-state index contributed by atoms with van der Waals surface area (Å²) in [5.41, 5.74) is 0.364. The molecule has 2 aliphatic carbocycles.